The van der Waals surface area contributed by atoms with Crippen molar-refractivity contribution < 1.29 is 14.3 Å². The van der Waals surface area contributed by atoms with Crippen molar-refractivity contribution in [1.82, 2.24) is 4.90 Å². The Bertz CT molecular complexity index is 787. The Morgan fingerprint density at radius 3 is 2.58 bits per heavy atom. The molecule has 0 saturated heterocycles. The third-order valence-electron chi connectivity index (χ3n) is 4.15. The summed E-state index contributed by atoms with van der Waals surface area (Å²) in [7, 11) is 0. The van der Waals surface area contributed by atoms with E-state index in [1.165, 1.54) is 12.1 Å². The predicted octanol–water partition coefficient (Wildman–Crippen LogP) is 3.13. The van der Waals surface area contributed by atoms with Crippen LogP contribution in [0.15, 0.2) is 42.5 Å². The summed E-state index contributed by atoms with van der Waals surface area (Å²) in [4.78, 5) is 13.4. The summed E-state index contributed by atoms with van der Waals surface area (Å²) in [6, 6.07) is 13.0. The number of fused-ring (bicyclic) bond motifs is 1. The topological polar surface area (TPSA) is 64.3 Å². The van der Waals surface area contributed by atoms with Gasteiger partial charge in [0, 0.05) is 13.1 Å². The Morgan fingerprint density at radius 2 is 1.96 bits per heavy atom. The average molecular weight is 347 g/mol. The van der Waals surface area contributed by atoms with Gasteiger partial charge in [-0.3, -0.25) is 9.69 Å². The highest BCUT2D eigenvalue weighted by molar-refractivity contribution is 5.85. The van der Waals surface area contributed by atoms with Crippen LogP contribution in [-0.4, -0.2) is 22.0 Å². The number of nitrogens with zero attached hydrogens (tertiary/aromatic N) is 2. The Balaban J connectivity index is 0.00000208. The molecule has 1 unspecified atom stereocenters. The molecule has 2 aromatic carbocycles. The third kappa shape index (κ3) is 3.73. The lowest BCUT2D eigenvalue weighted by Gasteiger charge is -2.34. The van der Waals surface area contributed by atoms with Crippen LogP contribution in [0.25, 0.3) is 0 Å². The fourth-order valence-corrected chi connectivity index (χ4v) is 2.94. The summed E-state index contributed by atoms with van der Waals surface area (Å²) in [6.07, 6.45) is 0.362. The van der Waals surface area contributed by atoms with Gasteiger partial charge in [0.1, 0.15) is 11.9 Å². The zero-order chi connectivity index (χ0) is 16.4. The minimum absolute atomic E-state index is 0. The van der Waals surface area contributed by atoms with Crippen molar-refractivity contribution in [3.8, 4) is 6.07 Å². The zero-order valence-corrected chi connectivity index (χ0v) is 13.6. The molecule has 0 amide bonds. The first-order valence-corrected chi connectivity index (χ1v) is 7.30. The lowest BCUT2D eigenvalue weighted by molar-refractivity contribution is -0.144. The van der Waals surface area contributed by atoms with E-state index in [0.717, 1.165) is 16.7 Å². The van der Waals surface area contributed by atoms with E-state index in [9.17, 15) is 14.3 Å². The molecule has 124 valence electrons. The molecule has 6 heteroatoms. The second-order valence-electron chi connectivity index (χ2n) is 5.68. The smallest absolute Gasteiger partial charge is 0.321 e. The number of rotatable bonds is 3. The molecular formula is C18H16ClFN2O2. The molecular weight excluding hydrogens is 331 g/mol. The first-order chi connectivity index (χ1) is 11.1. The monoisotopic (exact) mass is 346 g/mol. The van der Waals surface area contributed by atoms with Crippen molar-refractivity contribution in [3.05, 3.63) is 70.5 Å². The lowest BCUT2D eigenvalue weighted by Crippen LogP contribution is -2.45. The van der Waals surface area contributed by atoms with Gasteiger partial charge in [-0.05, 0) is 47.4 Å². The Morgan fingerprint density at radius 1 is 1.25 bits per heavy atom. The molecule has 4 nitrogen and oxygen atoms in total. The van der Waals surface area contributed by atoms with Crippen LogP contribution in [0.4, 0.5) is 4.39 Å². The third-order valence-corrected chi connectivity index (χ3v) is 4.15. The molecule has 0 saturated carbocycles. The fraction of sp³-hybridized carbons (Fsp3) is 0.222. The largest absolute Gasteiger partial charge is 0.480 e. The van der Waals surface area contributed by atoms with E-state index in [-0.39, 0.29) is 18.2 Å². The number of carboxylic acids is 1. The number of carbonyl (C=O) groups is 1. The molecule has 0 bridgehead atoms. The van der Waals surface area contributed by atoms with Gasteiger partial charge < -0.3 is 5.11 Å². The molecule has 1 N–H and O–H groups in total. The standard InChI is InChI=1S/C18H15FN2O2.ClH/c19-16-6-5-14-8-17(18(22)23)21(11-15(14)7-16)10-13-3-1-12(9-20)2-4-13;/h1-7,17H,8,10-11H2,(H,22,23);1H. The molecule has 1 aliphatic rings. The molecule has 24 heavy (non-hydrogen) atoms. The second kappa shape index (κ2) is 7.43. The maximum absolute atomic E-state index is 13.4. The van der Waals surface area contributed by atoms with Crippen molar-refractivity contribution in [1.29, 1.82) is 5.26 Å². The minimum atomic E-state index is -0.881. The Kier molecular flexibility index (Phi) is 5.55. The molecule has 1 atom stereocenters. The van der Waals surface area contributed by atoms with Crippen LogP contribution in [0.3, 0.4) is 0 Å². The van der Waals surface area contributed by atoms with Gasteiger partial charge >= 0.3 is 5.97 Å². The van der Waals surface area contributed by atoms with Crippen LogP contribution in [0, 0.1) is 17.1 Å². The summed E-state index contributed by atoms with van der Waals surface area (Å²) < 4.78 is 13.4. The average Bonchev–Trinajstić information content (AvgIpc) is 2.54. The molecule has 1 heterocycles. The van der Waals surface area contributed by atoms with E-state index in [0.29, 0.717) is 25.1 Å². The van der Waals surface area contributed by atoms with Gasteiger partial charge in [0.2, 0.25) is 0 Å². The minimum Gasteiger partial charge on any atom is -0.480 e. The Hall–Kier alpha value is -2.42. The summed E-state index contributed by atoms with van der Waals surface area (Å²) in [5.41, 5.74) is 3.20. The molecule has 3 rings (SSSR count). The van der Waals surface area contributed by atoms with Gasteiger partial charge in [0.25, 0.3) is 0 Å². The highest BCUT2D eigenvalue weighted by Crippen LogP contribution is 2.26. The van der Waals surface area contributed by atoms with Crippen molar-refractivity contribution in [2.24, 2.45) is 0 Å². The van der Waals surface area contributed by atoms with E-state index in [4.69, 9.17) is 5.26 Å². The molecule has 0 spiro atoms. The van der Waals surface area contributed by atoms with Crippen LogP contribution in [-0.2, 0) is 24.3 Å². The first-order valence-electron chi connectivity index (χ1n) is 7.30. The predicted molar refractivity (Wildman–Crippen MR) is 89.2 cm³/mol. The normalized spacial score (nSPS) is 16.6. The highest BCUT2D eigenvalue weighted by Gasteiger charge is 2.31. The van der Waals surface area contributed by atoms with Crippen molar-refractivity contribution in [3.63, 3.8) is 0 Å². The molecule has 0 aliphatic carbocycles. The van der Waals surface area contributed by atoms with E-state index >= 15 is 0 Å². The molecule has 2 aromatic rings. The van der Waals surface area contributed by atoms with Gasteiger partial charge in [-0.2, -0.15) is 5.26 Å². The first kappa shape index (κ1) is 17.9. The number of hydrogen-bond acceptors (Lipinski definition) is 3. The summed E-state index contributed by atoms with van der Waals surface area (Å²) in [5, 5.41) is 18.3. The number of hydrogen-bond donors (Lipinski definition) is 1. The molecule has 0 fully saturated rings. The Labute approximate surface area is 145 Å². The van der Waals surface area contributed by atoms with Gasteiger partial charge in [-0.1, -0.05) is 18.2 Å². The zero-order valence-electron chi connectivity index (χ0n) is 12.8. The number of benzene rings is 2. The van der Waals surface area contributed by atoms with Crippen LogP contribution >= 0.6 is 12.4 Å². The van der Waals surface area contributed by atoms with Crippen molar-refractivity contribution in [2.45, 2.75) is 25.6 Å². The lowest BCUT2D eigenvalue weighted by atomic mass is 9.93. The molecule has 0 radical (unpaired) electrons. The van der Waals surface area contributed by atoms with Crippen molar-refractivity contribution >= 4 is 18.4 Å². The van der Waals surface area contributed by atoms with Crippen LogP contribution in [0.5, 0.6) is 0 Å². The summed E-state index contributed by atoms with van der Waals surface area (Å²) >= 11 is 0. The van der Waals surface area contributed by atoms with Crippen LogP contribution < -0.4 is 0 Å². The molecule has 1 aliphatic heterocycles. The second-order valence-corrected chi connectivity index (χ2v) is 5.68. The fourth-order valence-electron chi connectivity index (χ4n) is 2.94. The highest BCUT2D eigenvalue weighted by atomic mass is 35.5. The summed E-state index contributed by atoms with van der Waals surface area (Å²) in [6.45, 7) is 0.836. The van der Waals surface area contributed by atoms with Gasteiger partial charge in [-0.15, -0.1) is 12.4 Å². The maximum Gasteiger partial charge on any atom is 0.321 e. The quantitative estimate of drug-likeness (QED) is 0.927. The summed E-state index contributed by atoms with van der Waals surface area (Å²) in [5.74, 6) is -1.19. The van der Waals surface area contributed by atoms with Gasteiger partial charge in [0.05, 0.1) is 11.6 Å². The SMILES string of the molecule is Cl.N#Cc1ccc(CN2Cc3cc(F)ccc3CC2C(=O)O)cc1. The number of halogens is 2. The number of nitriles is 1. The van der Waals surface area contributed by atoms with Crippen molar-refractivity contribution in [2.75, 3.05) is 0 Å². The van der Waals surface area contributed by atoms with E-state index in [1.807, 2.05) is 17.0 Å². The van der Waals surface area contributed by atoms with Gasteiger partial charge in [-0.25, -0.2) is 4.39 Å². The number of aliphatic carboxylic acids is 1. The van der Waals surface area contributed by atoms with E-state index < -0.39 is 12.0 Å². The molecule has 0 aromatic heterocycles. The van der Waals surface area contributed by atoms with Crippen LogP contribution in [0.2, 0.25) is 0 Å². The van der Waals surface area contributed by atoms with Crippen LogP contribution in [0.1, 0.15) is 22.3 Å². The number of carboxylic acid groups (broad SMARTS) is 1. The van der Waals surface area contributed by atoms with Gasteiger partial charge in [0.15, 0.2) is 0 Å². The van der Waals surface area contributed by atoms with E-state index in [2.05, 4.69) is 6.07 Å². The maximum atomic E-state index is 13.4. The van der Waals surface area contributed by atoms with E-state index in [1.54, 1.807) is 18.2 Å².